The summed E-state index contributed by atoms with van der Waals surface area (Å²) in [5.41, 5.74) is 0. The van der Waals surface area contributed by atoms with Gasteiger partial charge in [-0.3, -0.25) is 10.1 Å². The molecule has 6 heteroatoms. The second kappa shape index (κ2) is 4.44. The highest BCUT2D eigenvalue weighted by molar-refractivity contribution is 5.90. The van der Waals surface area contributed by atoms with Gasteiger partial charge in [0.2, 0.25) is 11.8 Å². The van der Waals surface area contributed by atoms with Crippen LogP contribution in [0.1, 0.15) is 37.5 Å². The molecule has 1 aromatic rings. The van der Waals surface area contributed by atoms with Gasteiger partial charge in [0.1, 0.15) is 0 Å². The van der Waals surface area contributed by atoms with Crippen LogP contribution < -0.4 is 10.6 Å². The summed E-state index contributed by atoms with van der Waals surface area (Å²) in [5, 5.41) is 13.4. The largest absolute Gasteiger partial charge is 0.408 e. The van der Waals surface area contributed by atoms with Gasteiger partial charge in [0.25, 0.3) is 0 Å². The van der Waals surface area contributed by atoms with Crippen molar-refractivity contribution in [1.29, 1.82) is 0 Å². The van der Waals surface area contributed by atoms with Crippen LogP contribution in [0.2, 0.25) is 0 Å². The van der Waals surface area contributed by atoms with Gasteiger partial charge in [-0.2, -0.15) is 0 Å². The number of rotatable bonds is 6. The quantitative estimate of drug-likeness (QED) is 0.766. The summed E-state index contributed by atoms with van der Waals surface area (Å²) in [6, 6.07) is 0.213. The van der Waals surface area contributed by atoms with E-state index >= 15 is 0 Å². The van der Waals surface area contributed by atoms with Gasteiger partial charge in [-0.15, -0.1) is 5.10 Å². The van der Waals surface area contributed by atoms with E-state index in [0.29, 0.717) is 18.4 Å². The number of anilines is 1. The Morgan fingerprint density at radius 3 is 2.82 bits per heavy atom. The van der Waals surface area contributed by atoms with Gasteiger partial charge < -0.3 is 9.73 Å². The predicted octanol–water partition coefficient (Wildman–Crippen LogP) is 0.885. The molecule has 0 aromatic carbocycles. The van der Waals surface area contributed by atoms with Crippen molar-refractivity contribution >= 4 is 11.9 Å². The fraction of sp³-hybridized carbons (Fsp3) is 0.727. The van der Waals surface area contributed by atoms with E-state index in [9.17, 15) is 4.79 Å². The Labute approximate surface area is 99.2 Å². The highest BCUT2D eigenvalue weighted by atomic mass is 16.4. The molecule has 1 amide bonds. The summed E-state index contributed by atoms with van der Waals surface area (Å²) < 4.78 is 5.34. The number of hydrogen-bond donors (Lipinski definition) is 2. The molecule has 2 saturated carbocycles. The third-order valence-electron chi connectivity index (χ3n) is 3.03. The first-order valence-electron chi connectivity index (χ1n) is 6.15. The number of nitrogens with one attached hydrogen (secondary N) is 2. The summed E-state index contributed by atoms with van der Waals surface area (Å²) in [4.78, 5) is 11.5. The summed E-state index contributed by atoms with van der Waals surface area (Å²) in [5.74, 6) is 1.71. The van der Waals surface area contributed by atoms with Crippen molar-refractivity contribution in [3.8, 4) is 0 Å². The number of nitrogens with zero attached hydrogens (tertiary/aromatic N) is 2. The van der Waals surface area contributed by atoms with E-state index in [1.807, 2.05) is 0 Å². The molecule has 0 saturated heterocycles. The minimum atomic E-state index is -0.128. The molecular weight excluding hydrogens is 220 g/mol. The molecule has 17 heavy (non-hydrogen) atoms. The molecule has 0 atom stereocenters. The Kier molecular flexibility index (Phi) is 2.80. The Morgan fingerprint density at radius 1 is 1.29 bits per heavy atom. The Morgan fingerprint density at radius 2 is 2.12 bits per heavy atom. The van der Waals surface area contributed by atoms with Crippen molar-refractivity contribution in [3.05, 3.63) is 5.89 Å². The molecule has 2 N–H and O–H groups in total. The van der Waals surface area contributed by atoms with Crippen LogP contribution in [0.25, 0.3) is 0 Å². The van der Waals surface area contributed by atoms with Crippen LogP contribution in [-0.4, -0.2) is 29.2 Å². The van der Waals surface area contributed by atoms with Crippen molar-refractivity contribution in [2.75, 3.05) is 18.4 Å². The van der Waals surface area contributed by atoms with Crippen LogP contribution in [0.15, 0.2) is 4.42 Å². The Hall–Kier alpha value is -1.43. The zero-order valence-electron chi connectivity index (χ0n) is 9.61. The molecule has 2 fully saturated rings. The van der Waals surface area contributed by atoms with E-state index in [-0.39, 0.29) is 11.9 Å². The Balaban J connectivity index is 1.42. The maximum absolute atomic E-state index is 11.5. The van der Waals surface area contributed by atoms with Gasteiger partial charge in [0.15, 0.2) is 0 Å². The van der Waals surface area contributed by atoms with Crippen molar-refractivity contribution in [2.24, 2.45) is 5.92 Å². The normalized spacial score (nSPS) is 19.3. The molecule has 6 nitrogen and oxygen atoms in total. The lowest BCUT2D eigenvalue weighted by molar-refractivity contribution is -0.115. The number of amides is 1. The first-order valence-corrected chi connectivity index (χ1v) is 6.15. The fourth-order valence-electron chi connectivity index (χ4n) is 1.66. The first kappa shape index (κ1) is 10.7. The number of carbonyl (C=O) groups is 1. The van der Waals surface area contributed by atoms with Crippen molar-refractivity contribution < 1.29 is 9.21 Å². The second-order valence-corrected chi connectivity index (χ2v) is 4.84. The minimum Gasteiger partial charge on any atom is -0.408 e. The SMILES string of the molecule is O=C(CNCC1CC1)Nc1nnc(C2CC2)o1. The third-order valence-corrected chi connectivity index (χ3v) is 3.03. The van der Waals surface area contributed by atoms with Gasteiger partial charge in [-0.25, -0.2) is 0 Å². The molecule has 1 aromatic heterocycles. The highest BCUT2D eigenvalue weighted by Crippen LogP contribution is 2.39. The zero-order valence-corrected chi connectivity index (χ0v) is 9.61. The minimum absolute atomic E-state index is 0.128. The summed E-state index contributed by atoms with van der Waals surface area (Å²) in [7, 11) is 0. The van der Waals surface area contributed by atoms with E-state index in [4.69, 9.17) is 4.42 Å². The molecule has 0 bridgehead atoms. The Bertz CT molecular complexity index is 409. The van der Waals surface area contributed by atoms with E-state index in [1.165, 1.54) is 12.8 Å². The zero-order chi connectivity index (χ0) is 11.7. The smallest absolute Gasteiger partial charge is 0.322 e. The van der Waals surface area contributed by atoms with Gasteiger partial charge in [-0.05, 0) is 38.1 Å². The van der Waals surface area contributed by atoms with Gasteiger partial charge in [-0.1, -0.05) is 5.10 Å². The molecular formula is C11H16N4O2. The van der Waals surface area contributed by atoms with E-state index in [0.717, 1.165) is 25.3 Å². The van der Waals surface area contributed by atoms with Crippen LogP contribution in [0.3, 0.4) is 0 Å². The molecule has 2 aliphatic rings. The maximum Gasteiger partial charge on any atom is 0.322 e. The number of hydrogen-bond acceptors (Lipinski definition) is 5. The lowest BCUT2D eigenvalue weighted by Crippen LogP contribution is -2.29. The van der Waals surface area contributed by atoms with E-state index < -0.39 is 0 Å². The second-order valence-electron chi connectivity index (χ2n) is 4.84. The molecule has 3 rings (SSSR count). The number of carbonyl (C=O) groups excluding carboxylic acids is 1. The highest BCUT2D eigenvalue weighted by Gasteiger charge is 2.29. The van der Waals surface area contributed by atoms with Crippen LogP contribution in [0.5, 0.6) is 0 Å². The molecule has 0 unspecified atom stereocenters. The van der Waals surface area contributed by atoms with Crippen LogP contribution in [-0.2, 0) is 4.79 Å². The maximum atomic E-state index is 11.5. The molecule has 0 aliphatic heterocycles. The van der Waals surface area contributed by atoms with Gasteiger partial charge >= 0.3 is 6.01 Å². The predicted molar refractivity (Wildman–Crippen MR) is 60.5 cm³/mol. The van der Waals surface area contributed by atoms with Crippen molar-refractivity contribution in [2.45, 2.75) is 31.6 Å². The van der Waals surface area contributed by atoms with Crippen LogP contribution >= 0.6 is 0 Å². The van der Waals surface area contributed by atoms with E-state index in [2.05, 4.69) is 20.8 Å². The van der Waals surface area contributed by atoms with Crippen LogP contribution in [0, 0.1) is 5.92 Å². The molecule has 0 radical (unpaired) electrons. The first-order chi connectivity index (χ1) is 8.31. The average molecular weight is 236 g/mol. The summed E-state index contributed by atoms with van der Waals surface area (Å²) in [6.45, 7) is 1.22. The van der Waals surface area contributed by atoms with Crippen molar-refractivity contribution in [3.63, 3.8) is 0 Å². The lowest BCUT2D eigenvalue weighted by atomic mass is 10.4. The average Bonchev–Trinajstić information content (AvgIpc) is 3.20. The molecule has 2 aliphatic carbocycles. The molecule has 0 spiro atoms. The van der Waals surface area contributed by atoms with Gasteiger partial charge in [0, 0.05) is 5.92 Å². The van der Waals surface area contributed by atoms with Crippen molar-refractivity contribution in [1.82, 2.24) is 15.5 Å². The number of aromatic nitrogens is 2. The van der Waals surface area contributed by atoms with E-state index in [1.54, 1.807) is 0 Å². The topological polar surface area (TPSA) is 80.0 Å². The lowest BCUT2D eigenvalue weighted by Gasteiger charge is -2.02. The fourth-order valence-corrected chi connectivity index (χ4v) is 1.66. The molecule has 92 valence electrons. The summed E-state index contributed by atoms with van der Waals surface area (Å²) in [6.07, 6.45) is 4.78. The summed E-state index contributed by atoms with van der Waals surface area (Å²) >= 11 is 0. The standard InChI is InChI=1S/C11H16N4O2/c16-9(6-12-5-7-1-2-7)13-11-15-14-10(17-11)8-3-4-8/h7-8,12H,1-6H2,(H,13,15,16). The third kappa shape index (κ3) is 3.03. The monoisotopic (exact) mass is 236 g/mol. The van der Waals surface area contributed by atoms with Crippen LogP contribution in [0.4, 0.5) is 6.01 Å². The molecule has 1 heterocycles. The van der Waals surface area contributed by atoms with Gasteiger partial charge in [0.05, 0.1) is 6.54 Å².